The lowest BCUT2D eigenvalue weighted by atomic mass is 10.0. The molecular formula is C26H39N7O3. The normalized spacial score (nSPS) is 11.0. The van der Waals surface area contributed by atoms with E-state index in [-0.39, 0.29) is 5.91 Å². The zero-order chi connectivity index (χ0) is 25.8. The molecule has 0 bridgehead atoms. The van der Waals surface area contributed by atoms with Gasteiger partial charge in [0, 0.05) is 44.7 Å². The van der Waals surface area contributed by atoms with Crippen molar-refractivity contribution in [2.24, 2.45) is 14.1 Å². The van der Waals surface area contributed by atoms with Crippen molar-refractivity contribution in [3.63, 3.8) is 0 Å². The predicted molar refractivity (Wildman–Crippen MR) is 137 cm³/mol. The molecule has 0 saturated carbocycles. The molecule has 0 saturated heterocycles. The number of aryl methyl sites for hydroxylation is 4. The molecule has 0 aliphatic carbocycles. The Balaban J connectivity index is 1.62. The van der Waals surface area contributed by atoms with Crippen molar-refractivity contribution in [2.45, 2.75) is 64.7 Å². The summed E-state index contributed by atoms with van der Waals surface area (Å²) in [6, 6.07) is 3.68. The van der Waals surface area contributed by atoms with Crippen LogP contribution in [0, 0.1) is 0 Å². The molecule has 3 aromatic rings. The maximum atomic E-state index is 12.5. The first-order valence-electron chi connectivity index (χ1n) is 12.8. The van der Waals surface area contributed by atoms with Crippen LogP contribution in [0.3, 0.4) is 0 Å². The summed E-state index contributed by atoms with van der Waals surface area (Å²) in [6.45, 7) is 3.29. The fourth-order valence-corrected chi connectivity index (χ4v) is 3.95. The minimum atomic E-state index is -0.156. The van der Waals surface area contributed by atoms with Gasteiger partial charge in [-0.2, -0.15) is 0 Å². The highest BCUT2D eigenvalue weighted by Crippen LogP contribution is 2.33. The van der Waals surface area contributed by atoms with Crippen molar-refractivity contribution in [3.05, 3.63) is 47.0 Å². The number of nitrogens with one attached hydrogen (secondary N) is 1. The number of hydrogen-bond donors (Lipinski definition) is 1. The van der Waals surface area contributed by atoms with E-state index in [1.807, 2.05) is 38.6 Å². The van der Waals surface area contributed by atoms with Crippen molar-refractivity contribution in [2.75, 3.05) is 20.3 Å². The fourth-order valence-electron chi connectivity index (χ4n) is 3.95. The molecular weight excluding hydrogens is 458 g/mol. The maximum absolute atomic E-state index is 12.5. The molecule has 3 rings (SSSR count). The average molecular weight is 498 g/mol. The van der Waals surface area contributed by atoms with E-state index in [1.54, 1.807) is 16.4 Å². The van der Waals surface area contributed by atoms with Crippen LogP contribution in [0.15, 0.2) is 24.5 Å². The van der Waals surface area contributed by atoms with Gasteiger partial charge >= 0.3 is 0 Å². The molecule has 10 heteroatoms. The number of aromatic nitrogens is 6. The zero-order valence-corrected chi connectivity index (χ0v) is 22.0. The number of hydrogen-bond acceptors (Lipinski definition) is 7. The van der Waals surface area contributed by atoms with Crippen LogP contribution in [0.4, 0.5) is 0 Å². The van der Waals surface area contributed by atoms with Gasteiger partial charge in [-0.15, -0.1) is 10.2 Å². The van der Waals surface area contributed by atoms with Gasteiger partial charge < -0.3 is 14.8 Å². The first-order valence-corrected chi connectivity index (χ1v) is 12.8. The van der Waals surface area contributed by atoms with Crippen molar-refractivity contribution >= 4 is 5.91 Å². The Morgan fingerprint density at radius 1 is 0.833 bits per heavy atom. The molecule has 0 radical (unpaired) electrons. The summed E-state index contributed by atoms with van der Waals surface area (Å²) in [7, 11) is 5.37. The van der Waals surface area contributed by atoms with E-state index >= 15 is 0 Å². The molecule has 196 valence electrons. The van der Waals surface area contributed by atoms with Crippen LogP contribution in [-0.4, -0.2) is 56.2 Å². The lowest BCUT2D eigenvalue weighted by molar-refractivity contribution is 0.0962. The van der Waals surface area contributed by atoms with E-state index in [1.165, 1.54) is 0 Å². The molecule has 1 amide bonds. The smallest absolute Gasteiger partial charge is 0.251 e. The van der Waals surface area contributed by atoms with Crippen molar-refractivity contribution in [1.82, 2.24) is 35.3 Å². The van der Waals surface area contributed by atoms with Crippen LogP contribution < -0.4 is 14.8 Å². The van der Waals surface area contributed by atoms with Gasteiger partial charge in [-0.05, 0) is 63.5 Å². The Hall–Kier alpha value is -3.43. The Labute approximate surface area is 213 Å². The van der Waals surface area contributed by atoms with Crippen LogP contribution in [0.2, 0.25) is 0 Å². The zero-order valence-electron chi connectivity index (χ0n) is 22.0. The van der Waals surface area contributed by atoms with E-state index in [9.17, 15) is 4.79 Å². The number of ether oxygens (including phenoxy) is 2. The van der Waals surface area contributed by atoms with Crippen molar-refractivity contribution in [3.8, 4) is 11.5 Å². The Morgan fingerprint density at radius 2 is 1.36 bits per heavy atom. The molecule has 1 N–H and O–H groups in total. The average Bonchev–Trinajstić information content (AvgIpc) is 3.49. The van der Waals surface area contributed by atoms with E-state index in [0.29, 0.717) is 18.8 Å². The van der Waals surface area contributed by atoms with Gasteiger partial charge in [0.25, 0.3) is 5.91 Å². The summed E-state index contributed by atoms with van der Waals surface area (Å²) in [6.07, 6.45) is 12.2. The van der Waals surface area contributed by atoms with Crippen molar-refractivity contribution in [1.29, 1.82) is 0 Å². The van der Waals surface area contributed by atoms with Crippen LogP contribution >= 0.6 is 0 Å². The van der Waals surface area contributed by atoms with Gasteiger partial charge in [-0.1, -0.05) is 23.8 Å². The summed E-state index contributed by atoms with van der Waals surface area (Å²) in [5.74, 6) is 1.31. The highest BCUT2D eigenvalue weighted by Gasteiger charge is 2.17. The van der Waals surface area contributed by atoms with Crippen LogP contribution in [0.25, 0.3) is 0 Å². The second kappa shape index (κ2) is 14.2. The molecule has 36 heavy (non-hydrogen) atoms. The molecule has 2 heterocycles. The SMILES string of the molecule is CCCCc1c(OCCCCc2cn(C)nn2)cc(C(=O)NC)cc1OCCCCc1cn(C)nn1. The molecule has 0 spiro atoms. The highest BCUT2D eigenvalue weighted by atomic mass is 16.5. The second-order valence-corrected chi connectivity index (χ2v) is 9.01. The quantitative estimate of drug-likeness (QED) is 0.302. The topological polar surface area (TPSA) is 109 Å². The number of unbranched alkanes of at least 4 members (excludes halogenated alkanes) is 3. The molecule has 0 aliphatic heterocycles. The first-order chi connectivity index (χ1) is 17.5. The summed E-state index contributed by atoms with van der Waals surface area (Å²) in [5, 5.41) is 18.9. The molecule has 0 unspecified atom stereocenters. The van der Waals surface area contributed by atoms with E-state index in [2.05, 4.69) is 32.9 Å². The minimum Gasteiger partial charge on any atom is -0.493 e. The van der Waals surface area contributed by atoms with E-state index in [0.717, 1.165) is 86.2 Å². The fraction of sp³-hybridized carbons (Fsp3) is 0.577. The van der Waals surface area contributed by atoms with Crippen LogP contribution in [-0.2, 0) is 33.4 Å². The Kier molecular flexibility index (Phi) is 10.7. The third kappa shape index (κ3) is 8.35. The van der Waals surface area contributed by atoms with E-state index < -0.39 is 0 Å². The van der Waals surface area contributed by atoms with Crippen LogP contribution in [0.1, 0.15) is 72.8 Å². The number of rotatable bonds is 16. The second-order valence-electron chi connectivity index (χ2n) is 9.01. The van der Waals surface area contributed by atoms with Crippen molar-refractivity contribution < 1.29 is 14.3 Å². The lowest BCUT2D eigenvalue weighted by Crippen LogP contribution is -2.18. The molecule has 2 aromatic heterocycles. The van der Waals surface area contributed by atoms with Gasteiger partial charge in [0.05, 0.1) is 24.6 Å². The highest BCUT2D eigenvalue weighted by molar-refractivity contribution is 5.95. The molecule has 0 fully saturated rings. The largest absolute Gasteiger partial charge is 0.493 e. The monoisotopic (exact) mass is 497 g/mol. The number of nitrogens with zero attached hydrogens (tertiary/aromatic N) is 6. The van der Waals surface area contributed by atoms with Gasteiger partial charge in [-0.3, -0.25) is 14.2 Å². The standard InChI is InChI=1S/C26H39N7O3/c1-5-6-13-23-24(35-14-9-7-11-21-18-32(3)30-28-21)16-20(26(34)27-2)17-25(23)36-15-10-8-12-22-19-33(4)31-29-22/h16-19H,5-15H2,1-4H3,(H,27,34). The van der Waals surface area contributed by atoms with Gasteiger partial charge in [0.1, 0.15) is 11.5 Å². The first kappa shape index (κ1) is 27.2. The summed E-state index contributed by atoms with van der Waals surface area (Å²) >= 11 is 0. The number of carbonyl (C=O) groups is 1. The van der Waals surface area contributed by atoms with Gasteiger partial charge in [0.2, 0.25) is 0 Å². The number of benzene rings is 1. The Morgan fingerprint density at radius 3 is 1.78 bits per heavy atom. The number of carbonyl (C=O) groups excluding carboxylic acids is 1. The molecule has 10 nitrogen and oxygen atoms in total. The predicted octanol–water partition coefficient (Wildman–Crippen LogP) is 3.45. The summed E-state index contributed by atoms with van der Waals surface area (Å²) in [4.78, 5) is 12.5. The maximum Gasteiger partial charge on any atom is 0.251 e. The Bertz CT molecular complexity index is 1020. The van der Waals surface area contributed by atoms with E-state index in [4.69, 9.17) is 9.47 Å². The third-order valence-electron chi connectivity index (χ3n) is 5.91. The van der Waals surface area contributed by atoms with Gasteiger partial charge in [0.15, 0.2) is 0 Å². The number of amides is 1. The summed E-state index contributed by atoms with van der Waals surface area (Å²) in [5.41, 5.74) is 3.55. The molecule has 1 aromatic carbocycles. The van der Waals surface area contributed by atoms with Gasteiger partial charge in [-0.25, -0.2) is 0 Å². The lowest BCUT2D eigenvalue weighted by Gasteiger charge is -2.18. The van der Waals surface area contributed by atoms with Crippen LogP contribution in [0.5, 0.6) is 11.5 Å². The minimum absolute atomic E-state index is 0.156. The molecule has 0 atom stereocenters. The molecule has 0 aliphatic rings. The summed E-state index contributed by atoms with van der Waals surface area (Å²) < 4.78 is 15.9. The third-order valence-corrected chi connectivity index (χ3v) is 5.91.